The normalized spacial score (nSPS) is 11.9. The second kappa shape index (κ2) is 5.66. The van der Waals surface area contributed by atoms with E-state index in [1.165, 1.54) is 43.3 Å². The lowest BCUT2D eigenvalue weighted by atomic mass is 10.1. The molecule has 0 amide bonds. The molecular formula is C14H12FNO4. The molecule has 2 aromatic carbocycles. The highest BCUT2D eigenvalue weighted by atomic mass is 19.1. The Morgan fingerprint density at radius 3 is 2.40 bits per heavy atom. The number of aliphatic hydroxyl groups is 1. The van der Waals surface area contributed by atoms with Crippen LogP contribution in [0, 0.1) is 15.9 Å². The molecule has 0 bridgehead atoms. The number of rotatable bonds is 4. The highest BCUT2D eigenvalue weighted by Crippen LogP contribution is 2.28. The topological polar surface area (TPSA) is 72.6 Å². The maximum absolute atomic E-state index is 13.8. The van der Waals surface area contributed by atoms with Crippen molar-refractivity contribution in [1.82, 2.24) is 0 Å². The van der Waals surface area contributed by atoms with Crippen molar-refractivity contribution in [1.29, 1.82) is 0 Å². The van der Waals surface area contributed by atoms with Crippen molar-refractivity contribution in [3.63, 3.8) is 0 Å². The first-order chi connectivity index (χ1) is 9.47. The summed E-state index contributed by atoms with van der Waals surface area (Å²) in [4.78, 5) is 9.98. The summed E-state index contributed by atoms with van der Waals surface area (Å²) in [5, 5.41) is 19.8. The average molecular weight is 277 g/mol. The first-order valence-electron chi connectivity index (χ1n) is 5.87. The van der Waals surface area contributed by atoms with Gasteiger partial charge in [-0.3, -0.25) is 10.1 Å². The van der Waals surface area contributed by atoms with Crippen molar-refractivity contribution in [2.45, 2.75) is 13.0 Å². The molecule has 20 heavy (non-hydrogen) atoms. The third kappa shape index (κ3) is 3.10. The molecular weight excluding hydrogens is 265 g/mol. The van der Waals surface area contributed by atoms with E-state index in [2.05, 4.69) is 0 Å². The molecule has 6 heteroatoms. The van der Waals surface area contributed by atoms with E-state index < -0.39 is 16.8 Å². The van der Waals surface area contributed by atoms with Crippen molar-refractivity contribution in [2.75, 3.05) is 0 Å². The van der Waals surface area contributed by atoms with Gasteiger partial charge in [0.25, 0.3) is 5.69 Å². The highest BCUT2D eigenvalue weighted by molar-refractivity contribution is 5.39. The Morgan fingerprint density at radius 2 is 1.90 bits per heavy atom. The lowest BCUT2D eigenvalue weighted by Gasteiger charge is -2.09. The number of nitro groups is 1. The van der Waals surface area contributed by atoms with Crippen molar-refractivity contribution < 1.29 is 19.2 Å². The van der Waals surface area contributed by atoms with Crippen LogP contribution in [0.3, 0.4) is 0 Å². The number of halogens is 1. The first kappa shape index (κ1) is 14.0. The Balaban J connectivity index is 2.19. The predicted molar refractivity (Wildman–Crippen MR) is 70.2 cm³/mol. The second-order valence-corrected chi connectivity index (χ2v) is 4.22. The average Bonchev–Trinajstić information content (AvgIpc) is 2.41. The van der Waals surface area contributed by atoms with Crippen LogP contribution in [0.2, 0.25) is 0 Å². The van der Waals surface area contributed by atoms with E-state index in [1.807, 2.05) is 0 Å². The van der Waals surface area contributed by atoms with Gasteiger partial charge < -0.3 is 9.84 Å². The van der Waals surface area contributed by atoms with Crippen LogP contribution in [-0.2, 0) is 0 Å². The van der Waals surface area contributed by atoms with E-state index in [4.69, 9.17) is 4.74 Å². The number of ether oxygens (including phenoxy) is 1. The van der Waals surface area contributed by atoms with Gasteiger partial charge in [0.2, 0.25) is 0 Å². The third-order valence-electron chi connectivity index (χ3n) is 2.71. The van der Waals surface area contributed by atoms with E-state index in [0.29, 0.717) is 11.3 Å². The van der Waals surface area contributed by atoms with Crippen LogP contribution in [0.15, 0.2) is 42.5 Å². The summed E-state index contributed by atoms with van der Waals surface area (Å²) in [6.07, 6.45) is -0.766. The molecule has 5 nitrogen and oxygen atoms in total. The molecule has 0 aliphatic carbocycles. The zero-order valence-electron chi connectivity index (χ0n) is 10.6. The van der Waals surface area contributed by atoms with E-state index in [0.717, 1.165) is 0 Å². The van der Waals surface area contributed by atoms with Crippen LogP contribution in [0.4, 0.5) is 10.1 Å². The molecule has 1 N–H and O–H groups in total. The molecule has 0 aromatic heterocycles. The molecule has 0 unspecified atom stereocenters. The molecule has 1 atom stereocenters. The molecule has 0 radical (unpaired) electrons. The standard InChI is InChI=1S/C14H12FNO4/c1-9(17)10-2-7-14(13(15)8-10)20-12-5-3-11(4-6-12)16(18)19/h2-9,17H,1H3/t9-/m0/s1. The minimum Gasteiger partial charge on any atom is -0.454 e. The fourth-order valence-corrected chi connectivity index (χ4v) is 1.62. The molecule has 104 valence electrons. The van der Waals surface area contributed by atoms with Gasteiger partial charge in [-0.25, -0.2) is 4.39 Å². The van der Waals surface area contributed by atoms with Gasteiger partial charge in [0.1, 0.15) is 5.75 Å². The van der Waals surface area contributed by atoms with Gasteiger partial charge in [-0.05, 0) is 36.8 Å². The SMILES string of the molecule is C[C@H](O)c1ccc(Oc2ccc([N+](=O)[O-])cc2)c(F)c1. The number of nitrogens with zero attached hydrogens (tertiary/aromatic N) is 1. The maximum atomic E-state index is 13.8. The highest BCUT2D eigenvalue weighted by Gasteiger charge is 2.10. The molecule has 0 aliphatic heterocycles. The van der Waals surface area contributed by atoms with Gasteiger partial charge in [0.15, 0.2) is 11.6 Å². The van der Waals surface area contributed by atoms with Crippen LogP contribution < -0.4 is 4.74 Å². The summed E-state index contributed by atoms with van der Waals surface area (Å²) in [6, 6.07) is 9.47. The van der Waals surface area contributed by atoms with Gasteiger partial charge in [0.05, 0.1) is 11.0 Å². The van der Waals surface area contributed by atoms with Crippen LogP contribution in [0.25, 0.3) is 0 Å². The number of hydrogen-bond acceptors (Lipinski definition) is 4. The minimum absolute atomic E-state index is 0.0109. The summed E-state index contributed by atoms with van der Waals surface area (Å²) in [5.41, 5.74) is 0.376. The van der Waals surface area contributed by atoms with Crippen molar-refractivity contribution in [3.8, 4) is 11.5 Å². The number of nitro benzene ring substituents is 1. The first-order valence-corrected chi connectivity index (χ1v) is 5.87. The Bertz CT molecular complexity index is 626. The molecule has 2 rings (SSSR count). The Morgan fingerprint density at radius 1 is 1.25 bits per heavy atom. The number of benzene rings is 2. The van der Waals surface area contributed by atoms with Crippen LogP contribution in [0.5, 0.6) is 11.5 Å². The zero-order valence-corrected chi connectivity index (χ0v) is 10.6. The Hall–Kier alpha value is -2.47. The van der Waals surface area contributed by atoms with Gasteiger partial charge >= 0.3 is 0 Å². The van der Waals surface area contributed by atoms with Crippen molar-refractivity contribution in [2.24, 2.45) is 0 Å². The summed E-state index contributed by atoms with van der Waals surface area (Å²) in [6.45, 7) is 1.53. The molecule has 0 spiro atoms. The smallest absolute Gasteiger partial charge is 0.269 e. The van der Waals surface area contributed by atoms with Crippen molar-refractivity contribution in [3.05, 3.63) is 64.0 Å². The Labute approximate surface area is 114 Å². The quantitative estimate of drug-likeness (QED) is 0.684. The molecule has 2 aromatic rings. The molecule has 0 saturated carbocycles. The lowest BCUT2D eigenvalue weighted by Crippen LogP contribution is -1.94. The number of aliphatic hydroxyl groups excluding tert-OH is 1. The fourth-order valence-electron chi connectivity index (χ4n) is 1.62. The number of non-ortho nitro benzene ring substituents is 1. The van der Waals surface area contributed by atoms with E-state index >= 15 is 0 Å². The van der Waals surface area contributed by atoms with E-state index in [1.54, 1.807) is 6.07 Å². The molecule has 0 fully saturated rings. The Kier molecular flexibility index (Phi) is 3.95. The lowest BCUT2D eigenvalue weighted by molar-refractivity contribution is -0.384. The van der Waals surface area contributed by atoms with Crippen LogP contribution >= 0.6 is 0 Å². The predicted octanol–water partition coefficient (Wildman–Crippen LogP) is 3.58. The monoisotopic (exact) mass is 277 g/mol. The molecule has 0 heterocycles. The summed E-state index contributed by atoms with van der Waals surface area (Å²) in [5.74, 6) is -0.329. The van der Waals surface area contributed by atoms with E-state index in [9.17, 15) is 19.6 Å². The van der Waals surface area contributed by atoms with Gasteiger partial charge in [-0.1, -0.05) is 6.07 Å². The fraction of sp³-hybridized carbons (Fsp3) is 0.143. The second-order valence-electron chi connectivity index (χ2n) is 4.22. The maximum Gasteiger partial charge on any atom is 0.269 e. The van der Waals surface area contributed by atoms with Crippen molar-refractivity contribution >= 4 is 5.69 Å². The van der Waals surface area contributed by atoms with E-state index in [-0.39, 0.29) is 11.4 Å². The zero-order chi connectivity index (χ0) is 14.7. The van der Waals surface area contributed by atoms with Gasteiger partial charge in [0, 0.05) is 12.1 Å². The molecule has 0 aliphatic rings. The number of hydrogen-bond donors (Lipinski definition) is 1. The van der Waals surface area contributed by atoms with Crippen LogP contribution in [-0.4, -0.2) is 10.0 Å². The largest absolute Gasteiger partial charge is 0.454 e. The van der Waals surface area contributed by atoms with Crippen LogP contribution in [0.1, 0.15) is 18.6 Å². The van der Waals surface area contributed by atoms with Gasteiger partial charge in [-0.2, -0.15) is 0 Å². The summed E-state index contributed by atoms with van der Waals surface area (Å²) in [7, 11) is 0. The summed E-state index contributed by atoms with van der Waals surface area (Å²) < 4.78 is 19.1. The minimum atomic E-state index is -0.766. The third-order valence-corrected chi connectivity index (χ3v) is 2.71. The summed E-state index contributed by atoms with van der Waals surface area (Å²) >= 11 is 0. The van der Waals surface area contributed by atoms with Gasteiger partial charge in [-0.15, -0.1) is 0 Å². The molecule has 0 saturated heterocycles.